The monoisotopic (exact) mass is 693 g/mol. The number of carbonyl (C=O) groups is 2. The third kappa shape index (κ3) is 8.64. The number of sulfonamides is 1. The number of hydrogen-bond acceptors (Lipinski definition) is 5. The highest BCUT2D eigenvalue weighted by atomic mass is 35.5. The molecule has 0 aliphatic heterocycles. The van der Waals surface area contributed by atoms with Crippen LogP contribution in [0.25, 0.3) is 0 Å². The zero-order chi connectivity index (χ0) is 32.7. The average Bonchev–Trinajstić information content (AvgIpc) is 3.01. The molecule has 4 rings (SSSR count). The van der Waals surface area contributed by atoms with Gasteiger partial charge in [0.1, 0.15) is 18.3 Å². The first-order valence-electron chi connectivity index (χ1n) is 14.9. The van der Waals surface area contributed by atoms with E-state index in [1.807, 2.05) is 13.8 Å². The van der Waals surface area contributed by atoms with Crippen molar-refractivity contribution in [3.05, 3.63) is 86.9 Å². The first-order chi connectivity index (χ1) is 21.4. The molecule has 1 N–H and O–H groups in total. The Morgan fingerprint density at radius 3 is 2.22 bits per heavy atom. The number of anilines is 1. The number of ether oxygens (including phenoxy) is 1. The number of halogens is 3. The highest BCUT2D eigenvalue weighted by Crippen LogP contribution is 2.35. The summed E-state index contributed by atoms with van der Waals surface area (Å²) in [5.74, 6) is -0.697. The zero-order valence-corrected chi connectivity index (χ0v) is 28.6. The van der Waals surface area contributed by atoms with E-state index in [0.717, 1.165) is 42.0 Å². The van der Waals surface area contributed by atoms with E-state index in [4.69, 9.17) is 39.5 Å². The van der Waals surface area contributed by atoms with Crippen LogP contribution in [0.5, 0.6) is 5.75 Å². The molecule has 45 heavy (non-hydrogen) atoms. The molecule has 2 amide bonds. The lowest BCUT2D eigenvalue weighted by atomic mass is 9.95. The van der Waals surface area contributed by atoms with Crippen LogP contribution >= 0.6 is 34.8 Å². The molecule has 1 aliphatic rings. The SMILES string of the molecule is CCC(C(=O)NC1CCCCC1)N(Cc1ccc(Cl)cc1Cl)C(=O)CN(c1cc(Cl)ccc1OC)S(=O)(=O)c1ccc(C)cc1. The van der Waals surface area contributed by atoms with Crippen LogP contribution in [0.2, 0.25) is 15.1 Å². The number of aryl methyl sites for hydroxylation is 1. The summed E-state index contributed by atoms with van der Waals surface area (Å²) in [6.45, 7) is 2.98. The predicted octanol–water partition coefficient (Wildman–Crippen LogP) is 7.42. The van der Waals surface area contributed by atoms with Gasteiger partial charge in [-0.3, -0.25) is 13.9 Å². The van der Waals surface area contributed by atoms with E-state index in [1.54, 1.807) is 36.4 Å². The van der Waals surface area contributed by atoms with Gasteiger partial charge >= 0.3 is 0 Å². The van der Waals surface area contributed by atoms with Gasteiger partial charge in [0, 0.05) is 27.7 Å². The molecule has 0 heterocycles. The van der Waals surface area contributed by atoms with Crippen molar-refractivity contribution < 1.29 is 22.7 Å². The quantitative estimate of drug-likeness (QED) is 0.213. The average molecular weight is 695 g/mol. The van der Waals surface area contributed by atoms with Gasteiger partial charge in [0.05, 0.1) is 17.7 Å². The van der Waals surface area contributed by atoms with Crippen LogP contribution in [0.3, 0.4) is 0 Å². The summed E-state index contributed by atoms with van der Waals surface area (Å²) in [5, 5.41) is 4.13. The Balaban J connectivity index is 1.78. The molecule has 242 valence electrons. The van der Waals surface area contributed by atoms with Crippen LogP contribution in [0.4, 0.5) is 5.69 Å². The van der Waals surface area contributed by atoms with Gasteiger partial charge in [-0.2, -0.15) is 0 Å². The summed E-state index contributed by atoms with van der Waals surface area (Å²) < 4.78 is 34.9. The molecule has 1 saturated carbocycles. The number of rotatable bonds is 12. The Labute approximate surface area is 280 Å². The first kappa shape index (κ1) is 34.9. The van der Waals surface area contributed by atoms with Crippen molar-refractivity contribution in [2.45, 2.75) is 75.9 Å². The van der Waals surface area contributed by atoms with Gasteiger partial charge in [0.25, 0.3) is 10.0 Å². The van der Waals surface area contributed by atoms with E-state index in [0.29, 0.717) is 22.0 Å². The minimum absolute atomic E-state index is 0.0164. The van der Waals surface area contributed by atoms with Crippen molar-refractivity contribution in [1.82, 2.24) is 10.2 Å². The van der Waals surface area contributed by atoms with E-state index in [-0.39, 0.29) is 39.8 Å². The maximum Gasteiger partial charge on any atom is 0.264 e. The van der Waals surface area contributed by atoms with Crippen LogP contribution < -0.4 is 14.4 Å². The first-order valence-corrected chi connectivity index (χ1v) is 17.5. The second kappa shape index (κ2) is 15.5. The third-order valence-electron chi connectivity index (χ3n) is 7.99. The molecule has 0 aromatic heterocycles. The van der Waals surface area contributed by atoms with Gasteiger partial charge < -0.3 is 15.0 Å². The van der Waals surface area contributed by atoms with Gasteiger partial charge in [0.2, 0.25) is 11.8 Å². The predicted molar refractivity (Wildman–Crippen MR) is 180 cm³/mol. The summed E-state index contributed by atoms with van der Waals surface area (Å²) in [4.78, 5) is 29.5. The normalized spacial score (nSPS) is 14.4. The molecule has 0 bridgehead atoms. The van der Waals surface area contributed by atoms with Gasteiger partial charge in [-0.15, -0.1) is 0 Å². The van der Waals surface area contributed by atoms with E-state index in [1.165, 1.54) is 36.3 Å². The molecular weight excluding hydrogens is 657 g/mol. The Bertz CT molecular complexity index is 1610. The standard InChI is InChI=1S/C33H38Cl3N3O5S/c1-4-29(33(41)37-26-8-6-5-7-9-26)38(20-23-12-13-24(34)18-28(23)36)32(40)21-39(30-19-25(35)14-17-31(30)44-3)45(42,43)27-15-10-22(2)11-16-27/h10-19,26,29H,4-9,20-21H2,1-3H3,(H,37,41). The molecule has 1 unspecified atom stereocenters. The molecule has 8 nitrogen and oxygen atoms in total. The summed E-state index contributed by atoms with van der Waals surface area (Å²) >= 11 is 19.0. The number of nitrogens with zero attached hydrogens (tertiary/aromatic N) is 2. The summed E-state index contributed by atoms with van der Waals surface area (Å²) in [5.41, 5.74) is 1.52. The smallest absolute Gasteiger partial charge is 0.264 e. The minimum atomic E-state index is -4.31. The molecule has 1 fully saturated rings. The van der Waals surface area contributed by atoms with Crippen LogP contribution in [-0.2, 0) is 26.2 Å². The van der Waals surface area contributed by atoms with Crippen molar-refractivity contribution in [3.8, 4) is 5.75 Å². The van der Waals surface area contributed by atoms with Crippen LogP contribution in [-0.4, -0.2) is 50.9 Å². The molecule has 1 atom stereocenters. The van der Waals surface area contributed by atoms with Gasteiger partial charge in [-0.05, 0) is 74.2 Å². The molecule has 0 spiro atoms. The Morgan fingerprint density at radius 1 is 0.956 bits per heavy atom. The van der Waals surface area contributed by atoms with Crippen molar-refractivity contribution >= 4 is 62.3 Å². The zero-order valence-electron chi connectivity index (χ0n) is 25.6. The number of benzene rings is 3. The minimum Gasteiger partial charge on any atom is -0.495 e. The third-order valence-corrected chi connectivity index (χ3v) is 10.6. The molecular formula is C33H38Cl3N3O5S. The molecule has 0 saturated heterocycles. The number of carbonyl (C=O) groups excluding carboxylic acids is 2. The second-order valence-electron chi connectivity index (χ2n) is 11.2. The van der Waals surface area contributed by atoms with Crippen molar-refractivity contribution in [2.75, 3.05) is 18.0 Å². The fourth-order valence-corrected chi connectivity index (χ4v) is 7.56. The maximum absolute atomic E-state index is 14.4. The van der Waals surface area contributed by atoms with Crippen LogP contribution in [0.1, 0.15) is 56.6 Å². The van der Waals surface area contributed by atoms with E-state index < -0.39 is 28.5 Å². The lowest BCUT2D eigenvalue weighted by molar-refractivity contribution is -0.140. The summed E-state index contributed by atoms with van der Waals surface area (Å²) in [7, 11) is -2.90. The summed E-state index contributed by atoms with van der Waals surface area (Å²) in [6.07, 6.45) is 5.21. The van der Waals surface area contributed by atoms with E-state index in [2.05, 4.69) is 5.32 Å². The van der Waals surface area contributed by atoms with Crippen molar-refractivity contribution in [3.63, 3.8) is 0 Å². The molecule has 3 aromatic rings. The molecule has 0 radical (unpaired) electrons. The van der Waals surface area contributed by atoms with Gasteiger partial charge in [-0.1, -0.05) is 84.8 Å². The number of methoxy groups -OCH3 is 1. The van der Waals surface area contributed by atoms with E-state index >= 15 is 0 Å². The van der Waals surface area contributed by atoms with Crippen molar-refractivity contribution in [1.29, 1.82) is 0 Å². The fourth-order valence-electron chi connectivity index (χ4n) is 5.51. The molecule has 1 aliphatic carbocycles. The lowest BCUT2D eigenvalue weighted by Gasteiger charge is -2.35. The Morgan fingerprint density at radius 2 is 1.60 bits per heavy atom. The Hall–Kier alpha value is -2.98. The number of nitrogens with one attached hydrogen (secondary N) is 1. The lowest BCUT2D eigenvalue weighted by Crippen LogP contribution is -2.54. The maximum atomic E-state index is 14.4. The van der Waals surface area contributed by atoms with Crippen molar-refractivity contribution in [2.24, 2.45) is 0 Å². The highest BCUT2D eigenvalue weighted by Gasteiger charge is 2.35. The topological polar surface area (TPSA) is 96.0 Å². The largest absolute Gasteiger partial charge is 0.495 e. The highest BCUT2D eigenvalue weighted by molar-refractivity contribution is 7.92. The van der Waals surface area contributed by atoms with E-state index in [9.17, 15) is 18.0 Å². The fraction of sp³-hybridized carbons (Fsp3) is 0.394. The summed E-state index contributed by atoms with van der Waals surface area (Å²) in [6, 6.07) is 14.9. The van der Waals surface area contributed by atoms with Gasteiger partial charge in [-0.25, -0.2) is 8.42 Å². The number of hydrogen-bond donors (Lipinski definition) is 1. The second-order valence-corrected chi connectivity index (χ2v) is 14.3. The van der Waals surface area contributed by atoms with Crippen LogP contribution in [0, 0.1) is 6.92 Å². The number of amides is 2. The van der Waals surface area contributed by atoms with Gasteiger partial charge in [0.15, 0.2) is 0 Å². The van der Waals surface area contributed by atoms with Crippen LogP contribution in [0.15, 0.2) is 65.6 Å². The Kier molecular flexibility index (Phi) is 12.0. The molecule has 12 heteroatoms. The molecule has 3 aromatic carbocycles.